The van der Waals surface area contributed by atoms with Crippen LogP contribution in [0.25, 0.3) is 0 Å². The summed E-state index contributed by atoms with van der Waals surface area (Å²) in [4.78, 5) is 17.3. The van der Waals surface area contributed by atoms with Crippen molar-refractivity contribution in [3.63, 3.8) is 0 Å². The molecule has 0 atom stereocenters. The van der Waals surface area contributed by atoms with Crippen molar-refractivity contribution >= 4 is 27.3 Å². The van der Waals surface area contributed by atoms with Crippen LogP contribution in [0.4, 0.5) is 11.4 Å². The maximum Gasteiger partial charge on any atom is 0.264 e. The van der Waals surface area contributed by atoms with Crippen molar-refractivity contribution in [2.75, 3.05) is 42.4 Å². The Balaban J connectivity index is 1.50. The van der Waals surface area contributed by atoms with Crippen LogP contribution in [-0.4, -0.2) is 52.5 Å². The normalized spacial score (nSPS) is 14.3. The third-order valence-corrected chi connectivity index (χ3v) is 7.65. The highest BCUT2D eigenvalue weighted by Gasteiger charge is 2.26. The van der Waals surface area contributed by atoms with E-state index in [4.69, 9.17) is 0 Å². The molecule has 3 aromatic rings. The molecule has 0 spiro atoms. The molecule has 166 valence electrons. The number of hydrogen-bond donors (Lipinski definition) is 0. The zero-order valence-electron chi connectivity index (χ0n) is 18.3. The lowest BCUT2D eigenvalue weighted by molar-refractivity contribution is 0.0746. The van der Waals surface area contributed by atoms with Gasteiger partial charge >= 0.3 is 0 Å². The van der Waals surface area contributed by atoms with E-state index >= 15 is 0 Å². The molecule has 1 fully saturated rings. The van der Waals surface area contributed by atoms with Crippen molar-refractivity contribution in [1.82, 2.24) is 4.90 Å². The minimum Gasteiger partial charge on any atom is -0.368 e. The first-order valence-corrected chi connectivity index (χ1v) is 12.1. The highest BCUT2D eigenvalue weighted by Crippen LogP contribution is 2.26. The van der Waals surface area contributed by atoms with Gasteiger partial charge in [0.2, 0.25) is 0 Å². The zero-order valence-corrected chi connectivity index (χ0v) is 19.1. The van der Waals surface area contributed by atoms with Crippen LogP contribution in [0.2, 0.25) is 0 Å². The highest BCUT2D eigenvalue weighted by molar-refractivity contribution is 7.92. The third kappa shape index (κ3) is 4.34. The van der Waals surface area contributed by atoms with Gasteiger partial charge in [-0.1, -0.05) is 42.5 Å². The number of nitrogens with zero attached hydrogens (tertiary/aromatic N) is 3. The number of aryl methyl sites for hydroxylation is 1. The minimum atomic E-state index is -3.79. The van der Waals surface area contributed by atoms with Crippen molar-refractivity contribution in [3.05, 3.63) is 90.0 Å². The molecule has 6 nitrogen and oxygen atoms in total. The van der Waals surface area contributed by atoms with Gasteiger partial charge in [0.25, 0.3) is 15.9 Å². The molecule has 1 heterocycles. The van der Waals surface area contributed by atoms with Crippen LogP contribution in [0.5, 0.6) is 0 Å². The molecule has 0 saturated carbocycles. The molecule has 0 radical (unpaired) electrons. The van der Waals surface area contributed by atoms with Crippen molar-refractivity contribution in [3.8, 4) is 0 Å². The monoisotopic (exact) mass is 449 g/mol. The molecule has 32 heavy (non-hydrogen) atoms. The summed E-state index contributed by atoms with van der Waals surface area (Å²) in [5, 5.41) is 0. The predicted molar refractivity (Wildman–Crippen MR) is 128 cm³/mol. The maximum absolute atomic E-state index is 13.2. The molecular weight excluding hydrogens is 422 g/mol. The van der Waals surface area contributed by atoms with Gasteiger partial charge in [-0.05, 0) is 48.9 Å². The molecular formula is C25H27N3O3S. The van der Waals surface area contributed by atoms with Crippen LogP contribution in [0.15, 0.2) is 83.8 Å². The molecule has 0 aliphatic carbocycles. The first kappa shape index (κ1) is 21.9. The highest BCUT2D eigenvalue weighted by atomic mass is 32.2. The smallest absolute Gasteiger partial charge is 0.264 e. The van der Waals surface area contributed by atoms with E-state index < -0.39 is 10.0 Å². The standard InChI is InChI=1S/C25H27N3O3S/c1-20-9-6-7-14-24(20)26(2)32(30,31)23-13-8-10-21(19-23)25(29)28-17-15-27(16-18-28)22-11-4-3-5-12-22/h3-14,19H,15-18H2,1-2H3. The van der Waals surface area contributed by atoms with E-state index in [1.165, 1.54) is 23.5 Å². The Morgan fingerprint density at radius 3 is 2.19 bits per heavy atom. The van der Waals surface area contributed by atoms with E-state index in [1.54, 1.807) is 23.1 Å². The number of rotatable bonds is 5. The van der Waals surface area contributed by atoms with Crippen LogP contribution >= 0.6 is 0 Å². The van der Waals surface area contributed by atoms with E-state index in [9.17, 15) is 13.2 Å². The van der Waals surface area contributed by atoms with Crippen LogP contribution < -0.4 is 9.21 Å². The van der Waals surface area contributed by atoms with Gasteiger partial charge in [0.1, 0.15) is 0 Å². The second kappa shape index (κ2) is 9.04. The SMILES string of the molecule is Cc1ccccc1N(C)S(=O)(=O)c1cccc(C(=O)N2CCN(c3ccccc3)CC2)c1. The quantitative estimate of drug-likeness (QED) is 0.595. The van der Waals surface area contributed by atoms with Gasteiger partial charge in [-0.25, -0.2) is 8.42 Å². The number of benzene rings is 3. The summed E-state index contributed by atoms with van der Waals surface area (Å²) in [6.07, 6.45) is 0. The summed E-state index contributed by atoms with van der Waals surface area (Å²) in [7, 11) is -2.26. The number of sulfonamides is 1. The largest absolute Gasteiger partial charge is 0.368 e. The molecule has 7 heteroatoms. The molecule has 1 aliphatic rings. The maximum atomic E-state index is 13.2. The predicted octanol–water partition coefficient (Wildman–Crippen LogP) is 3.78. The van der Waals surface area contributed by atoms with Gasteiger partial charge in [0, 0.05) is 44.5 Å². The lowest BCUT2D eigenvalue weighted by Gasteiger charge is -2.36. The second-order valence-corrected chi connectivity index (χ2v) is 9.87. The molecule has 1 aliphatic heterocycles. The molecule has 0 unspecified atom stereocenters. The number of anilines is 2. The molecule has 1 amide bonds. The summed E-state index contributed by atoms with van der Waals surface area (Å²) in [5.74, 6) is -0.145. The van der Waals surface area contributed by atoms with E-state index in [1.807, 2.05) is 43.3 Å². The van der Waals surface area contributed by atoms with Gasteiger partial charge < -0.3 is 9.80 Å². The molecule has 3 aromatic carbocycles. The molecule has 4 rings (SSSR count). The van der Waals surface area contributed by atoms with Gasteiger partial charge in [-0.3, -0.25) is 9.10 Å². The average Bonchev–Trinajstić information content (AvgIpc) is 2.84. The zero-order chi connectivity index (χ0) is 22.7. The number of para-hydroxylation sites is 2. The second-order valence-electron chi connectivity index (χ2n) is 7.90. The number of carbonyl (C=O) groups excluding carboxylic acids is 1. The average molecular weight is 450 g/mol. The van der Waals surface area contributed by atoms with Crippen molar-refractivity contribution < 1.29 is 13.2 Å². The first-order valence-electron chi connectivity index (χ1n) is 10.6. The Morgan fingerprint density at radius 2 is 1.50 bits per heavy atom. The number of amides is 1. The van der Waals surface area contributed by atoms with Crippen molar-refractivity contribution in [2.24, 2.45) is 0 Å². The van der Waals surface area contributed by atoms with Crippen molar-refractivity contribution in [2.45, 2.75) is 11.8 Å². The van der Waals surface area contributed by atoms with Crippen molar-refractivity contribution in [1.29, 1.82) is 0 Å². The van der Waals surface area contributed by atoms with Gasteiger partial charge in [-0.15, -0.1) is 0 Å². The Hall–Kier alpha value is -3.32. The third-order valence-electron chi connectivity index (χ3n) is 5.88. The fourth-order valence-corrected chi connectivity index (χ4v) is 5.29. The first-order chi connectivity index (χ1) is 15.4. The van der Waals surface area contributed by atoms with Crippen LogP contribution in [0.1, 0.15) is 15.9 Å². The van der Waals surface area contributed by atoms with Gasteiger partial charge in [0.15, 0.2) is 0 Å². The van der Waals surface area contributed by atoms with E-state index in [0.717, 1.165) is 24.3 Å². The topological polar surface area (TPSA) is 60.9 Å². The summed E-state index contributed by atoms with van der Waals surface area (Å²) >= 11 is 0. The summed E-state index contributed by atoms with van der Waals surface area (Å²) in [5.41, 5.74) is 3.01. The lowest BCUT2D eigenvalue weighted by atomic mass is 10.1. The summed E-state index contributed by atoms with van der Waals surface area (Å²) < 4.78 is 27.7. The molecule has 0 N–H and O–H groups in total. The van der Waals surface area contributed by atoms with Crippen LogP contribution in [-0.2, 0) is 10.0 Å². The number of carbonyl (C=O) groups is 1. The summed E-state index contributed by atoms with van der Waals surface area (Å²) in [6.45, 7) is 4.53. The van der Waals surface area contributed by atoms with Crippen LogP contribution in [0.3, 0.4) is 0 Å². The number of hydrogen-bond acceptors (Lipinski definition) is 4. The van der Waals surface area contributed by atoms with E-state index in [-0.39, 0.29) is 10.8 Å². The fraction of sp³-hybridized carbons (Fsp3) is 0.240. The van der Waals surface area contributed by atoms with E-state index in [2.05, 4.69) is 17.0 Å². The molecule has 0 aromatic heterocycles. The van der Waals surface area contributed by atoms with Gasteiger partial charge in [0.05, 0.1) is 10.6 Å². The molecule has 0 bridgehead atoms. The fourth-order valence-electron chi connectivity index (χ4n) is 3.98. The lowest BCUT2D eigenvalue weighted by Crippen LogP contribution is -2.48. The Bertz CT molecular complexity index is 1200. The minimum absolute atomic E-state index is 0.108. The summed E-state index contributed by atoms with van der Waals surface area (Å²) in [6, 6.07) is 23.8. The van der Waals surface area contributed by atoms with E-state index in [0.29, 0.717) is 24.3 Å². The Morgan fingerprint density at radius 1 is 0.844 bits per heavy atom. The number of piperazine rings is 1. The van der Waals surface area contributed by atoms with Gasteiger partial charge in [-0.2, -0.15) is 0 Å². The van der Waals surface area contributed by atoms with Crippen LogP contribution in [0, 0.1) is 6.92 Å². The molecule has 1 saturated heterocycles. The Kier molecular flexibility index (Phi) is 6.19. The Labute approximate surface area is 189 Å².